The van der Waals surface area contributed by atoms with Gasteiger partial charge in [-0.2, -0.15) is 0 Å². The number of halogens is 1. The number of rotatable bonds is 5. The van der Waals surface area contributed by atoms with Crippen LogP contribution in [-0.2, 0) is 14.6 Å². The average Bonchev–Trinajstić information content (AvgIpc) is 2.64. The van der Waals surface area contributed by atoms with E-state index in [1.54, 1.807) is 6.07 Å². The molecule has 2 aromatic carbocycles. The molecule has 0 aliphatic carbocycles. The van der Waals surface area contributed by atoms with Gasteiger partial charge in [0, 0.05) is 18.1 Å². The Bertz CT molecular complexity index is 888. The first-order valence-electron chi connectivity index (χ1n) is 8.91. The first kappa shape index (κ1) is 19.9. The van der Waals surface area contributed by atoms with Crippen LogP contribution in [0.4, 0.5) is 0 Å². The normalized spacial score (nSPS) is 19.2. The van der Waals surface area contributed by atoms with Crippen LogP contribution in [-0.4, -0.2) is 43.8 Å². The van der Waals surface area contributed by atoms with Gasteiger partial charge < -0.3 is 5.32 Å². The number of hydrogen-bond donors (Lipinski definition) is 1. The zero-order valence-corrected chi connectivity index (χ0v) is 16.7. The monoisotopic (exact) mass is 406 g/mol. The van der Waals surface area contributed by atoms with E-state index in [4.69, 9.17) is 11.6 Å². The Kier molecular flexibility index (Phi) is 6.19. The van der Waals surface area contributed by atoms with Crippen molar-refractivity contribution >= 4 is 27.3 Å². The van der Waals surface area contributed by atoms with E-state index in [2.05, 4.69) is 5.32 Å². The summed E-state index contributed by atoms with van der Waals surface area (Å²) < 4.78 is 23.6. The van der Waals surface area contributed by atoms with E-state index >= 15 is 0 Å². The molecule has 5 nitrogen and oxygen atoms in total. The Labute approximate surface area is 165 Å². The minimum Gasteiger partial charge on any atom is -0.348 e. The molecular formula is C20H23ClN2O3S. The van der Waals surface area contributed by atoms with Gasteiger partial charge >= 0.3 is 0 Å². The van der Waals surface area contributed by atoms with Crippen molar-refractivity contribution in [2.75, 3.05) is 24.6 Å². The van der Waals surface area contributed by atoms with Crippen LogP contribution in [0.5, 0.6) is 0 Å². The van der Waals surface area contributed by atoms with Gasteiger partial charge in [-0.05, 0) is 24.1 Å². The molecule has 27 heavy (non-hydrogen) atoms. The van der Waals surface area contributed by atoms with Gasteiger partial charge in [0.25, 0.3) is 0 Å². The molecule has 0 bridgehead atoms. The van der Waals surface area contributed by atoms with Gasteiger partial charge in [-0.25, -0.2) is 8.42 Å². The highest BCUT2D eigenvalue weighted by Gasteiger charge is 2.33. The van der Waals surface area contributed by atoms with E-state index in [0.717, 1.165) is 11.1 Å². The van der Waals surface area contributed by atoms with Gasteiger partial charge in [0.05, 0.1) is 17.5 Å². The first-order valence-corrected chi connectivity index (χ1v) is 11.1. The van der Waals surface area contributed by atoms with E-state index in [0.29, 0.717) is 18.1 Å². The summed E-state index contributed by atoms with van der Waals surface area (Å²) in [4.78, 5) is 15.1. The zero-order valence-electron chi connectivity index (χ0n) is 15.1. The average molecular weight is 407 g/mol. The van der Waals surface area contributed by atoms with Crippen molar-refractivity contribution in [2.24, 2.45) is 0 Å². The van der Waals surface area contributed by atoms with E-state index in [9.17, 15) is 13.2 Å². The molecule has 1 N–H and O–H groups in total. The van der Waals surface area contributed by atoms with Crippen molar-refractivity contribution < 1.29 is 13.2 Å². The van der Waals surface area contributed by atoms with Crippen LogP contribution < -0.4 is 5.32 Å². The van der Waals surface area contributed by atoms with Crippen molar-refractivity contribution in [1.29, 1.82) is 0 Å². The lowest BCUT2D eigenvalue weighted by molar-refractivity contribution is -0.127. The molecule has 0 saturated carbocycles. The summed E-state index contributed by atoms with van der Waals surface area (Å²) in [6.07, 6.45) is 0. The lowest BCUT2D eigenvalue weighted by atomic mass is 10.0. The molecule has 1 saturated heterocycles. The topological polar surface area (TPSA) is 66.5 Å². The molecule has 1 aliphatic rings. The Balaban J connectivity index is 1.82. The molecule has 0 spiro atoms. The second-order valence-electron chi connectivity index (χ2n) is 6.75. The molecule has 1 amide bonds. The maximum absolute atomic E-state index is 13.2. The van der Waals surface area contributed by atoms with Crippen molar-refractivity contribution in [3.63, 3.8) is 0 Å². The molecule has 0 aromatic heterocycles. The van der Waals surface area contributed by atoms with Crippen molar-refractivity contribution in [2.45, 2.75) is 19.0 Å². The minimum absolute atomic E-state index is 0.0731. The number of carbonyl (C=O) groups excluding carboxylic acids is 1. The predicted molar refractivity (Wildman–Crippen MR) is 107 cm³/mol. The zero-order chi connectivity index (χ0) is 19.4. The smallest absolute Gasteiger partial charge is 0.242 e. The third-order valence-corrected chi connectivity index (χ3v) is 6.79. The second kappa shape index (κ2) is 8.42. The highest BCUT2D eigenvalue weighted by Crippen LogP contribution is 2.26. The molecule has 2 aromatic rings. The largest absolute Gasteiger partial charge is 0.348 e. The number of hydrogen-bond acceptors (Lipinski definition) is 4. The van der Waals surface area contributed by atoms with Crippen molar-refractivity contribution in [3.8, 4) is 0 Å². The molecule has 3 rings (SSSR count). The number of sulfone groups is 1. The third kappa shape index (κ3) is 4.89. The number of carbonyl (C=O) groups is 1. The third-order valence-electron chi connectivity index (χ3n) is 4.84. The fraction of sp³-hybridized carbons (Fsp3) is 0.350. The van der Waals surface area contributed by atoms with Crippen molar-refractivity contribution in [1.82, 2.24) is 10.2 Å². The van der Waals surface area contributed by atoms with Gasteiger partial charge in [0.2, 0.25) is 5.91 Å². The van der Waals surface area contributed by atoms with Gasteiger partial charge in [-0.3, -0.25) is 9.69 Å². The van der Waals surface area contributed by atoms with Gasteiger partial charge in [-0.15, -0.1) is 0 Å². The Morgan fingerprint density at radius 2 is 1.63 bits per heavy atom. The Morgan fingerprint density at radius 3 is 2.26 bits per heavy atom. The van der Waals surface area contributed by atoms with Gasteiger partial charge in [-0.1, -0.05) is 60.1 Å². The van der Waals surface area contributed by atoms with E-state index < -0.39 is 15.9 Å². The molecule has 1 fully saturated rings. The van der Waals surface area contributed by atoms with Crippen molar-refractivity contribution in [3.05, 3.63) is 70.7 Å². The summed E-state index contributed by atoms with van der Waals surface area (Å²) in [5, 5.41) is 3.64. The maximum Gasteiger partial charge on any atom is 0.242 e. The number of benzene rings is 2. The maximum atomic E-state index is 13.2. The summed E-state index contributed by atoms with van der Waals surface area (Å²) in [6.45, 7) is 2.58. The van der Waals surface area contributed by atoms with Crippen LogP contribution in [0.1, 0.15) is 30.1 Å². The van der Waals surface area contributed by atoms with Crippen LogP contribution in [0.25, 0.3) is 0 Å². The summed E-state index contributed by atoms with van der Waals surface area (Å²) in [5.41, 5.74) is 1.70. The van der Waals surface area contributed by atoms with Crippen LogP contribution in [0, 0.1) is 0 Å². The molecule has 2 unspecified atom stereocenters. The van der Waals surface area contributed by atoms with Gasteiger partial charge in [0.15, 0.2) is 9.84 Å². The summed E-state index contributed by atoms with van der Waals surface area (Å²) in [7, 11) is -3.02. The molecule has 1 heterocycles. The highest BCUT2D eigenvalue weighted by atomic mass is 35.5. The van der Waals surface area contributed by atoms with Crippen LogP contribution in [0.3, 0.4) is 0 Å². The highest BCUT2D eigenvalue weighted by molar-refractivity contribution is 7.91. The summed E-state index contributed by atoms with van der Waals surface area (Å²) in [6, 6.07) is 16.1. The number of amides is 1. The molecule has 1 aliphatic heterocycles. The predicted octanol–water partition coefficient (Wildman–Crippen LogP) is 2.99. The first-order chi connectivity index (χ1) is 12.9. The van der Waals surface area contributed by atoms with Crippen LogP contribution in [0.2, 0.25) is 5.02 Å². The molecule has 2 atom stereocenters. The van der Waals surface area contributed by atoms with E-state index in [-0.39, 0.29) is 23.5 Å². The molecule has 0 radical (unpaired) electrons. The minimum atomic E-state index is -3.02. The number of nitrogens with zero attached hydrogens (tertiary/aromatic N) is 1. The lowest BCUT2D eigenvalue weighted by Crippen LogP contribution is -2.48. The fourth-order valence-electron chi connectivity index (χ4n) is 3.34. The fourth-order valence-corrected chi connectivity index (χ4v) is 4.87. The SMILES string of the molecule is CC(NC(=O)C(c1ccccc1)N1CCS(=O)(=O)CC1)c1ccccc1Cl. The van der Waals surface area contributed by atoms with E-state index in [1.165, 1.54) is 0 Å². The lowest BCUT2D eigenvalue weighted by Gasteiger charge is -2.34. The quantitative estimate of drug-likeness (QED) is 0.828. The molecule has 7 heteroatoms. The van der Waals surface area contributed by atoms with Crippen LogP contribution in [0.15, 0.2) is 54.6 Å². The molecule has 144 valence electrons. The Hall–Kier alpha value is -1.89. The summed E-state index contributed by atoms with van der Waals surface area (Å²) >= 11 is 6.25. The standard InChI is InChI=1S/C20H23ClN2O3S/c1-15(17-9-5-6-10-18(17)21)22-20(24)19(16-7-3-2-4-8-16)23-11-13-27(25,26)14-12-23/h2-10,15,19H,11-14H2,1H3,(H,22,24). The second-order valence-corrected chi connectivity index (χ2v) is 9.46. The van der Waals surface area contributed by atoms with Gasteiger partial charge in [0.1, 0.15) is 6.04 Å². The van der Waals surface area contributed by atoms with E-state index in [1.807, 2.05) is 60.4 Å². The number of nitrogens with one attached hydrogen (secondary N) is 1. The summed E-state index contributed by atoms with van der Waals surface area (Å²) in [5.74, 6) is -0.0131. The molecular weight excluding hydrogens is 384 g/mol. The van der Waals surface area contributed by atoms with Crippen LogP contribution >= 0.6 is 11.6 Å². The Morgan fingerprint density at radius 1 is 1.04 bits per heavy atom.